The van der Waals surface area contributed by atoms with Crippen molar-refractivity contribution in [2.75, 3.05) is 25.1 Å². The monoisotopic (exact) mass is 548 g/mol. The molecule has 16 heteroatoms. The van der Waals surface area contributed by atoms with Crippen LogP contribution in [0.15, 0.2) is 46.0 Å². The Morgan fingerprint density at radius 1 is 1.13 bits per heavy atom. The molecule has 1 aromatic carbocycles. The summed E-state index contributed by atoms with van der Waals surface area (Å²) >= 11 is 0. The molecule has 0 amide bonds. The van der Waals surface area contributed by atoms with Crippen LogP contribution in [0.25, 0.3) is 11.2 Å². The van der Waals surface area contributed by atoms with Crippen molar-refractivity contribution in [2.45, 2.75) is 48.7 Å². The average Bonchev–Trinajstić information content (AvgIpc) is 3.72. The highest BCUT2D eigenvalue weighted by atomic mass is 19.4. The first-order valence-corrected chi connectivity index (χ1v) is 12.1. The van der Waals surface area contributed by atoms with Crippen molar-refractivity contribution >= 4 is 23.2 Å². The molecule has 3 aliphatic rings. The van der Waals surface area contributed by atoms with Crippen molar-refractivity contribution < 1.29 is 38.0 Å². The molecule has 0 aliphatic carbocycles. The quantitative estimate of drug-likeness (QED) is 0.355. The lowest BCUT2D eigenvalue weighted by Gasteiger charge is -2.23. The number of nitrogens with zero attached hydrogens (tertiary/aromatic N) is 7. The van der Waals surface area contributed by atoms with Crippen molar-refractivity contribution in [1.29, 1.82) is 0 Å². The Morgan fingerprint density at radius 2 is 1.92 bits per heavy atom. The first kappa shape index (κ1) is 25.7. The number of ether oxygens (including phenoxy) is 2. The second-order valence-electron chi connectivity index (χ2n) is 9.43. The third-order valence-electron chi connectivity index (χ3n) is 6.98. The van der Waals surface area contributed by atoms with Gasteiger partial charge in [-0.25, -0.2) is 15.0 Å². The van der Waals surface area contributed by atoms with Gasteiger partial charge in [0.15, 0.2) is 29.0 Å². The Morgan fingerprint density at radius 3 is 2.54 bits per heavy atom. The Labute approximate surface area is 218 Å². The number of fused-ring (bicyclic) bond motifs is 1. The predicted octanol–water partition coefficient (Wildman–Crippen LogP) is 1.35. The molecule has 0 spiro atoms. The molecule has 5 heterocycles. The van der Waals surface area contributed by atoms with Gasteiger partial charge in [-0.1, -0.05) is 12.1 Å². The van der Waals surface area contributed by atoms with E-state index in [1.165, 1.54) is 29.2 Å². The highest BCUT2D eigenvalue weighted by Crippen LogP contribution is 2.39. The first-order chi connectivity index (χ1) is 18.7. The van der Waals surface area contributed by atoms with Gasteiger partial charge in [0.2, 0.25) is 5.54 Å². The summed E-state index contributed by atoms with van der Waals surface area (Å²) in [5.74, 6) is 0.312. The molecule has 0 radical (unpaired) electrons. The zero-order valence-corrected chi connectivity index (χ0v) is 20.1. The standard InChI is InChI=1S/C23H23F3N8O5/c24-23(25,26)12-3-1-11(2-4-12)22(9-28-33-32-22)21-30-18(29-13-5-6-38-8-13)15-19(31-21)34(10-27-15)20-17(37)16(36)14(7-35)39-20/h1-4,9-10,13-14,16-17,20,35-37H,5-8H2,(H,29,30,31)/t13-,14?,16?,17?,20?,22?/m1/s1. The average molecular weight is 548 g/mol. The lowest BCUT2D eigenvalue weighted by Crippen LogP contribution is -2.33. The van der Waals surface area contributed by atoms with E-state index in [2.05, 4.69) is 35.7 Å². The third-order valence-corrected chi connectivity index (χ3v) is 6.98. The largest absolute Gasteiger partial charge is 0.416 e. The summed E-state index contributed by atoms with van der Waals surface area (Å²) < 4.78 is 52.2. The Hall–Kier alpha value is -3.57. The predicted molar refractivity (Wildman–Crippen MR) is 127 cm³/mol. The van der Waals surface area contributed by atoms with Crippen LogP contribution in [0.5, 0.6) is 0 Å². The van der Waals surface area contributed by atoms with E-state index in [1.54, 1.807) is 0 Å². The van der Waals surface area contributed by atoms with E-state index in [-0.39, 0.29) is 28.9 Å². The number of hydrogen-bond donors (Lipinski definition) is 4. The molecule has 13 nitrogen and oxygen atoms in total. The number of hydrogen-bond acceptors (Lipinski definition) is 12. The summed E-state index contributed by atoms with van der Waals surface area (Å²) in [4.78, 5) is 13.7. The van der Waals surface area contributed by atoms with Gasteiger partial charge in [-0.05, 0) is 29.3 Å². The third kappa shape index (κ3) is 4.33. The fourth-order valence-electron chi connectivity index (χ4n) is 4.83. The van der Waals surface area contributed by atoms with Crippen molar-refractivity contribution in [2.24, 2.45) is 15.4 Å². The van der Waals surface area contributed by atoms with Crippen molar-refractivity contribution in [3.8, 4) is 0 Å². The van der Waals surface area contributed by atoms with E-state index in [0.717, 1.165) is 12.1 Å². The molecular formula is C23H23F3N8O5. The SMILES string of the molecule is OCC1OC(n2cnc3c(N[C@@H]4CCOC4)nc(C4(c5ccc(C(F)(F)F)cc5)C=NN=N4)nc32)C(O)C1O. The molecule has 6 rings (SSSR count). The number of imidazole rings is 1. The minimum atomic E-state index is -4.53. The number of halogens is 3. The molecule has 2 fully saturated rings. The van der Waals surface area contributed by atoms with Gasteiger partial charge in [-0.15, -0.1) is 10.2 Å². The maximum Gasteiger partial charge on any atom is 0.416 e. The number of benzene rings is 1. The fraction of sp³-hybridized carbons (Fsp3) is 0.478. The Bertz CT molecular complexity index is 1410. The zero-order valence-electron chi connectivity index (χ0n) is 20.1. The lowest BCUT2D eigenvalue weighted by molar-refractivity contribution is -0.137. The summed E-state index contributed by atoms with van der Waals surface area (Å²) in [6.07, 6.45) is -6.10. The van der Waals surface area contributed by atoms with Gasteiger partial charge in [0.25, 0.3) is 0 Å². The Kier molecular flexibility index (Phi) is 6.30. The molecule has 6 atom stereocenters. The van der Waals surface area contributed by atoms with Crippen LogP contribution in [0.3, 0.4) is 0 Å². The first-order valence-electron chi connectivity index (χ1n) is 12.1. The summed E-state index contributed by atoms with van der Waals surface area (Å²) in [5.41, 5.74) is -1.63. The molecule has 0 bridgehead atoms. The number of rotatable bonds is 6. The van der Waals surface area contributed by atoms with Crippen LogP contribution in [0.2, 0.25) is 0 Å². The molecule has 39 heavy (non-hydrogen) atoms. The summed E-state index contributed by atoms with van der Waals surface area (Å²) in [5, 5.41) is 45.5. The van der Waals surface area contributed by atoms with E-state index >= 15 is 0 Å². The highest BCUT2D eigenvalue weighted by Gasteiger charge is 2.45. The number of nitrogens with one attached hydrogen (secondary N) is 1. The maximum atomic E-state index is 13.2. The van der Waals surface area contributed by atoms with Gasteiger partial charge in [0.05, 0.1) is 37.4 Å². The molecule has 4 N–H and O–H groups in total. The summed E-state index contributed by atoms with van der Waals surface area (Å²) in [6.45, 7) is 0.442. The van der Waals surface area contributed by atoms with Crippen LogP contribution in [0.1, 0.15) is 29.6 Å². The van der Waals surface area contributed by atoms with Crippen LogP contribution in [0.4, 0.5) is 19.0 Å². The minimum Gasteiger partial charge on any atom is -0.394 e. The second kappa shape index (κ2) is 9.56. The van der Waals surface area contributed by atoms with Crippen molar-refractivity contribution in [3.63, 3.8) is 0 Å². The van der Waals surface area contributed by atoms with Crippen LogP contribution < -0.4 is 5.32 Å². The van der Waals surface area contributed by atoms with Crippen LogP contribution in [-0.4, -0.2) is 85.2 Å². The minimum absolute atomic E-state index is 0.0228. The van der Waals surface area contributed by atoms with Gasteiger partial charge in [0.1, 0.15) is 18.3 Å². The summed E-state index contributed by atoms with van der Waals surface area (Å²) in [7, 11) is 0. The van der Waals surface area contributed by atoms with Crippen molar-refractivity contribution in [3.05, 3.63) is 47.5 Å². The molecular weight excluding hydrogens is 525 g/mol. The second-order valence-corrected chi connectivity index (χ2v) is 9.43. The van der Waals surface area contributed by atoms with Gasteiger partial charge in [-0.2, -0.15) is 13.2 Å². The molecule has 206 valence electrons. The number of anilines is 1. The number of aliphatic hydroxyl groups is 3. The maximum absolute atomic E-state index is 13.2. The molecule has 3 aliphatic heterocycles. The van der Waals surface area contributed by atoms with Gasteiger partial charge < -0.3 is 30.1 Å². The number of aromatic nitrogens is 4. The van der Waals surface area contributed by atoms with Crippen molar-refractivity contribution in [1.82, 2.24) is 19.5 Å². The summed E-state index contributed by atoms with van der Waals surface area (Å²) in [6, 6.07) is 4.27. The fourth-order valence-corrected chi connectivity index (χ4v) is 4.83. The van der Waals surface area contributed by atoms with E-state index in [1.807, 2.05) is 0 Å². The number of aliphatic hydroxyl groups excluding tert-OH is 3. The van der Waals surface area contributed by atoms with E-state index in [0.29, 0.717) is 25.2 Å². The number of alkyl halides is 3. The normalized spacial score (nSPS) is 30.6. The van der Waals surface area contributed by atoms with E-state index < -0.39 is 48.4 Å². The topological polar surface area (TPSA) is 172 Å². The lowest BCUT2D eigenvalue weighted by atomic mass is 9.90. The van der Waals surface area contributed by atoms with E-state index in [9.17, 15) is 28.5 Å². The van der Waals surface area contributed by atoms with Gasteiger partial charge in [-0.3, -0.25) is 4.57 Å². The smallest absolute Gasteiger partial charge is 0.394 e. The van der Waals surface area contributed by atoms with E-state index in [4.69, 9.17) is 9.47 Å². The molecule has 2 aromatic heterocycles. The molecule has 3 aromatic rings. The van der Waals surface area contributed by atoms with Gasteiger partial charge in [0, 0.05) is 6.61 Å². The Balaban J connectivity index is 1.50. The molecule has 0 saturated carbocycles. The molecule has 5 unspecified atom stereocenters. The van der Waals surface area contributed by atoms with Gasteiger partial charge >= 0.3 is 6.18 Å². The highest BCUT2D eigenvalue weighted by molar-refractivity contribution is 5.85. The molecule has 2 saturated heterocycles. The van der Waals surface area contributed by atoms with Crippen LogP contribution in [-0.2, 0) is 21.2 Å². The zero-order chi connectivity index (χ0) is 27.4. The van der Waals surface area contributed by atoms with Crippen LogP contribution >= 0.6 is 0 Å². The van der Waals surface area contributed by atoms with Crippen LogP contribution in [0, 0.1) is 0 Å².